The molecule has 0 atom stereocenters. The first-order chi connectivity index (χ1) is 5.38. The van der Waals surface area contributed by atoms with Crippen molar-refractivity contribution in [3.8, 4) is 0 Å². The van der Waals surface area contributed by atoms with Crippen molar-refractivity contribution in [2.24, 2.45) is 0 Å². The minimum Gasteiger partial charge on any atom is -0.329 e. The molecule has 1 aliphatic heterocycles. The van der Waals surface area contributed by atoms with Gasteiger partial charge in [0.2, 0.25) is 0 Å². The lowest BCUT2D eigenvalue weighted by atomic mass is 10.0. The monoisotopic (exact) mass is 150 g/mol. The van der Waals surface area contributed by atoms with Crippen molar-refractivity contribution in [3.05, 3.63) is 33.7 Å². The van der Waals surface area contributed by atoms with Gasteiger partial charge in [0.05, 0.1) is 0 Å². The zero-order valence-corrected chi connectivity index (χ0v) is 6.18. The molecule has 0 aromatic carbocycles. The average Bonchev–Trinajstić information content (AvgIpc) is 2.06. The van der Waals surface area contributed by atoms with E-state index >= 15 is 0 Å². The third-order valence-electron chi connectivity index (χ3n) is 2.03. The Hall–Kier alpha value is -1.09. The Bertz CT molecular complexity index is 316. The normalized spacial score (nSPS) is 16.0. The Morgan fingerprint density at radius 3 is 3.18 bits per heavy atom. The van der Waals surface area contributed by atoms with E-state index in [9.17, 15) is 4.79 Å². The molecule has 0 bridgehead atoms. The molecule has 0 aliphatic carbocycles. The van der Waals surface area contributed by atoms with Crippen LogP contribution in [0.1, 0.15) is 11.1 Å². The molecule has 0 saturated carbocycles. The Kier molecular flexibility index (Phi) is 1.51. The molecule has 0 saturated heterocycles. The van der Waals surface area contributed by atoms with E-state index in [1.54, 1.807) is 6.20 Å². The van der Waals surface area contributed by atoms with Crippen LogP contribution >= 0.6 is 0 Å². The first-order valence-electron chi connectivity index (χ1n) is 3.78. The Balaban J connectivity index is 2.58. The summed E-state index contributed by atoms with van der Waals surface area (Å²) in [5.41, 5.74) is 2.16. The fourth-order valence-corrected chi connectivity index (χ4v) is 1.43. The smallest absolute Gasteiger partial charge is 0.251 e. The highest BCUT2D eigenvalue weighted by Gasteiger charge is 2.10. The van der Waals surface area contributed by atoms with E-state index < -0.39 is 0 Å². The molecule has 58 valence electrons. The summed E-state index contributed by atoms with van der Waals surface area (Å²) < 4.78 is 0. The van der Waals surface area contributed by atoms with Gasteiger partial charge in [-0.3, -0.25) is 4.79 Å². The second-order valence-electron chi connectivity index (χ2n) is 2.74. The summed E-state index contributed by atoms with van der Waals surface area (Å²) in [6.07, 6.45) is 2.56. The molecule has 0 fully saturated rings. The molecule has 0 spiro atoms. The number of H-pyrrole nitrogens is 1. The lowest BCUT2D eigenvalue weighted by Crippen LogP contribution is -2.29. The zero-order chi connectivity index (χ0) is 7.68. The van der Waals surface area contributed by atoms with Crippen LogP contribution in [0, 0.1) is 0 Å². The van der Waals surface area contributed by atoms with Crippen LogP contribution in [-0.2, 0) is 13.0 Å². The minimum atomic E-state index is 0.0731. The number of hydrogen-bond donors (Lipinski definition) is 2. The van der Waals surface area contributed by atoms with Crippen LogP contribution in [0.15, 0.2) is 17.1 Å². The van der Waals surface area contributed by atoms with Gasteiger partial charge in [0.15, 0.2) is 0 Å². The summed E-state index contributed by atoms with van der Waals surface area (Å²) in [5.74, 6) is 0. The van der Waals surface area contributed by atoms with Gasteiger partial charge in [0, 0.05) is 18.3 Å². The molecule has 2 N–H and O–H groups in total. The van der Waals surface area contributed by atoms with Gasteiger partial charge in [-0.05, 0) is 24.6 Å². The van der Waals surface area contributed by atoms with Gasteiger partial charge in [0.25, 0.3) is 5.56 Å². The molecular formula is C8H10N2O. The van der Waals surface area contributed by atoms with E-state index in [4.69, 9.17) is 0 Å². The molecule has 1 aromatic rings. The minimum absolute atomic E-state index is 0.0731. The highest BCUT2D eigenvalue weighted by molar-refractivity contribution is 5.25. The van der Waals surface area contributed by atoms with Crippen LogP contribution in [0.3, 0.4) is 0 Å². The van der Waals surface area contributed by atoms with Crippen molar-refractivity contribution in [1.82, 2.24) is 10.3 Å². The van der Waals surface area contributed by atoms with E-state index in [0.29, 0.717) is 0 Å². The quantitative estimate of drug-likeness (QED) is 0.547. The molecule has 3 nitrogen and oxygen atoms in total. The van der Waals surface area contributed by atoms with Crippen LogP contribution in [0.4, 0.5) is 0 Å². The number of aromatic nitrogens is 1. The van der Waals surface area contributed by atoms with E-state index in [2.05, 4.69) is 10.3 Å². The second kappa shape index (κ2) is 2.51. The van der Waals surface area contributed by atoms with Gasteiger partial charge in [-0.25, -0.2) is 0 Å². The van der Waals surface area contributed by atoms with E-state index in [0.717, 1.165) is 30.6 Å². The van der Waals surface area contributed by atoms with Crippen LogP contribution in [-0.4, -0.2) is 11.5 Å². The number of nitrogens with one attached hydrogen (secondary N) is 2. The van der Waals surface area contributed by atoms with Gasteiger partial charge in [-0.15, -0.1) is 0 Å². The summed E-state index contributed by atoms with van der Waals surface area (Å²) in [4.78, 5) is 13.9. The SMILES string of the molecule is O=c1[nH]ccc2c1CCNC2. The van der Waals surface area contributed by atoms with Gasteiger partial charge in [0.1, 0.15) is 0 Å². The highest BCUT2D eigenvalue weighted by atomic mass is 16.1. The van der Waals surface area contributed by atoms with E-state index in [1.165, 1.54) is 0 Å². The van der Waals surface area contributed by atoms with E-state index in [1.807, 2.05) is 6.07 Å². The lowest BCUT2D eigenvalue weighted by Gasteiger charge is -2.14. The predicted octanol–water partition coefficient (Wildman–Crippen LogP) is 0.0206. The van der Waals surface area contributed by atoms with Crippen molar-refractivity contribution in [2.45, 2.75) is 13.0 Å². The largest absolute Gasteiger partial charge is 0.329 e. The third-order valence-corrected chi connectivity index (χ3v) is 2.03. The molecule has 0 amide bonds. The molecule has 11 heavy (non-hydrogen) atoms. The fourth-order valence-electron chi connectivity index (χ4n) is 1.43. The van der Waals surface area contributed by atoms with Crippen LogP contribution in [0.25, 0.3) is 0 Å². The molecule has 0 unspecified atom stereocenters. The van der Waals surface area contributed by atoms with Crippen molar-refractivity contribution >= 4 is 0 Å². The van der Waals surface area contributed by atoms with Gasteiger partial charge in [-0.2, -0.15) is 0 Å². The number of rotatable bonds is 0. The lowest BCUT2D eigenvalue weighted by molar-refractivity contribution is 0.637. The van der Waals surface area contributed by atoms with Crippen molar-refractivity contribution in [1.29, 1.82) is 0 Å². The topological polar surface area (TPSA) is 44.9 Å². The zero-order valence-electron chi connectivity index (χ0n) is 6.18. The first kappa shape index (κ1) is 6.61. The van der Waals surface area contributed by atoms with Crippen LogP contribution in [0.2, 0.25) is 0 Å². The second-order valence-corrected chi connectivity index (χ2v) is 2.74. The molecule has 2 heterocycles. The summed E-state index contributed by atoms with van der Waals surface area (Å²) >= 11 is 0. The summed E-state index contributed by atoms with van der Waals surface area (Å²) in [6, 6.07) is 1.96. The molecule has 2 rings (SSSR count). The summed E-state index contributed by atoms with van der Waals surface area (Å²) in [6.45, 7) is 1.75. The maximum absolute atomic E-state index is 11.2. The molecule has 0 radical (unpaired) electrons. The Labute approximate surface area is 64.5 Å². The fraction of sp³-hybridized carbons (Fsp3) is 0.375. The predicted molar refractivity (Wildman–Crippen MR) is 42.5 cm³/mol. The standard InChI is InChI=1S/C8H10N2O/c11-8-7-2-3-9-5-6(7)1-4-10-8/h1,4,9H,2-3,5H2,(H,10,11). The van der Waals surface area contributed by atoms with Crippen molar-refractivity contribution in [2.75, 3.05) is 6.54 Å². The Morgan fingerprint density at radius 2 is 2.36 bits per heavy atom. The first-order valence-corrected chi connectivity index (χ1v) is 3.78. The maximum Gasteiger partial charge on any atom is 0.251 e. The Morgan fingerprint density at radius 1 is 1.45 bits per heavy atom. The number of hydrogen-bond acceptors (Lipinski definition) is 2. The van der Waals surface area contributed by atoms with Gasteiger partial charge in [-0.1, -0.05) is 0 Å². The highest BCUT2D eigenvalue weighted by Crippen LogP contribution is 2.06. The average molecular weight is 150 g/mol. The summed E-state index contributed by atoms with van der Waals surface area (Å²) in [5, 5.41) is 3.22. The van der Waals surface area contributed by atoms with Gasteiger partial charge < -0.3 is 10.3 Å². The number of pyridine rings is 1. The van der Waals surface area contributed by atoms with Crippen molar-refractivity contribution < 1.29 is 0 Å². The number of aromatic amines is 1. The van der Waals surface area contributed by atoms with Crippen molar-refractivity contribution in [3.63, 3.8) is 0 Å². The number of fused-ring (bicyclic) bond motifs is 1. The van der Waals surface area contributed by atoms with Crippen LogP contribution < -0.4 is 10.9 Å². The van der Waals surface area contributed by atoms with Crippen LogP contribution in [0.5, 0.6) is 0 Å². The molecular weight excluding hydrogens is 140 g/mol. The van der Waals surface area contributed by atoms with Gasteiger partial charge >= 0.3 is 0 Å². The maximum atomic E-state index is 11.2. The summed E-state index contributed by atoms with van der Waals surface area (Å²) in [7, 11) is 0. The van der Waals surface area contributed by atoms with E-state index in [-0.39, 0.29) is 5.56 Å². The third kappa shape index (κ3) is 1.07. The molecule has 1 aliphatic rings. The molecule has 3 heteroatoms. The molecule has 1 aromatic heterocycles.